The summed E-state index contributed by atoms with van der Waals surface area (Å²) in [5, 5.41) is 9.49. The first-order valence-electron chi connectivity index (χ1n) is 6.37. The highest BCUT2D eigenvalue weighted by atomic mass is 35.5. The van der Waals surface area contributed by atoms with Crippen LogP contribution >= 0.6 is 23.2 Å². The Bertz CT molecular complexity index is 656. The number of ether oxygens (including phenoxy) is 2. The van der Waals surface area contributed by atoms with Crippen molar-refractivity contribution in [2.75, 3.05) is 13.2 Å². The molecule has 0 atom stereocenters. The lowest BCUT2D eigenvalue weighted by molar-refractivity contribution is -0.138. The number of carbonyl (C=O) groups is 2. The minimum Gasteiger partial charge on any atom is -0.482 e. The normalized spacial score (nSPS) is 10.4. The van der Waals surface area contributed by atoms with E-state index in [2.05, 4.69) is 15.6 Å². The SMILES string of the molecule is CCOC(=O)/C(C#N)=C/NNC(=O)COc1ccc(Cl)cc1Cl. The summed E-state index contributed by atoms with van der Waals surface area (Å²) in [4.78, 5) is 22.9. The van der Waals surface area contributed by atoms with E-state index in [0.29, 0.717) is 10.8 Å². The van der Waals surface area contributed by atoms with Crippen LogP contribution in [0.15, 0.2) is 30.0 Å². The number of rotatable bonds is 7. The molecular formula is C14H13Cl2N3O4. The Morgan fingerprint density at radius 3 is 2.74 bits per heavy atom. The van der Waals surface area contributed by atoms with Gasteiger partial charge in [0.1, 0.15) is 11.8 Å². The topological polar surface area (TPSA) is 100 Å². The number of hydrogen-bond donors (Lipinski definition) is 2. The molecule has 0 radical (unpaired) electrons. The number of nitrogens with one attached hydrogen (secondary N) is 2. The number of halogens is 2. The average Bonchev–Trinajstić information content (AvgIpc) is 2.51. The van der Waals surface area contributed by atoms with Crippen LogP contribution in [0.5, 0.6) is 5.75 Å². The van der Waals surface area contributed by atoms with Crippen molar-refractivity contribution in [3.05, 3.63) is 40.0 Å². The van der Waals surface area contributed by atoms with Crippen molar-refractivity contribution < 1.29 is 19.1 Å². The van der Waals surface area contributed by atoms with Gasteiger partial charge in [0.15, 0.2) is 12.2 Å². The first kappa shape index (κ1) is 18.6. The lowest BCUT2D eigenvalue weighted by atomic mass is 10.3. The molecule has 1 amide bonds. The highest BCUT2D eigenvalue weighted by Gasteiger charge is 2.10. The van der Waals surface area contributed by atoms with Gasteiger partial charge in [-0.2, -0.15) is 5.26 Å². The molecule has 0 saturated heterocycles. The largest absolute Gasteiger partial charge is 0.482 e. The Morgan fingerprint density at radius 2 is 2.13 bits per heavy atom. The molecule has 0 fully saturated rings. The quantitative estimate of drug-likeness (QED) is 0.335. The number of nitriles is 1. The highest BCUT2D eigenvalue weighted by Crippen LogP contribution is 2.27. The van der Waals surface area contributed by atoms with Gasteiger partial charge >= 0.3 is 5.97 Å². The summed E-state index contributed by atoms with van der Waals surface area (Å²) in [5.74, 6) is -1.04. The maximum atomic E-state index is 11.6. The van der Waals surface area contributed by atoms with Crippen molar-refractivity contribution in [1.29, 1.82) is 5.26 Å². The summed E-state index contributed by atoms with van der Waals surface area (Å²) in [6, 6.07) is 6.22. The van der Waals surface area contributed by atoms with E-state index < -0.39 is 11.9 Å². The summed E-state index contributed by atoms with van der Waals surface area (Å²) in [6.07, 6.45) is 1.02. The molecule has 0 aliphatic heterocycles. The molecule has 9 heteroatoms. The van der Waals surface area contributed by atoms with Crippen LogP contribution in [0.1, 0.15) is 6.92 Å². The molecule has 0 unspecified atom stereocenters. The number of esters is 1. The number of amides is 1. The Balaban J connectivity index is 2.45. The van der Waals surface area contributed by atoms with Crippen LogP contribution in [-0.4, -0.2) is 25.1 Å². The van der Waals surface area contributed by atoms with E-state index in [0.717, 1.165) is 6.20 Å². The van der Waals surface area contributed by atoms with Crippen molar-refractivity contribution in [2.24, 2.45) is 0 Å². The van der Waals surface area contributed by atoms with Crippen LogP contribution in [0.2, 0.25) is 10.0 Å². The Hall–Kier alpha value is -2.43. The molecule has 23 heavy (non-hydrogen) atoms. The van der Waals surface area contributed by atoms with Gasteiger partial charge in [0.25, 0.3) is 5.91 Å². The smallest absolute Gasteiger partial charge is 0.350 e. The minimum absolute atomic E-state index is 0.139. The third-order valence-corrected chi connectivity index (χ3v) is 2.83. The van der Waals surface area contributed by atoms with E-state index in [4.69, 9.17) is 33.2 Å². The zero-order valence-electron chi connectivity index (χ0n) is 12.1. The molecule has 1 rings (SSSR count). The summed E-state index contributed by atoms with van der Waals surface area (Å²) < 4.78 is 9.85. The van der Waals surface area contributed by atoms with Crippen molar-refractivity contribution >= 4 is 35.1 Å². The lowest BCUT2D eigenvalue weighted by Gasteiger charge is -2.09. The average molecular weight is 358 g/mol. The van der Waals surface area contributed by atoms with E-state index >= 15 is 0 Å². The van der Waals surface area contributed by atoms with Crippen LogP contribution in [0.3, 0.4) is 0 Å². The predicted molar refractivity (Wildman–Crippen MR) is 83.6 cm³/mol. The van der Waals surface area contributed by atoms with Gasteiger partial charge in [0, 0.05) is 11.2 Å². The molecule has 0 spiro atoms. The Labute approximate surface area is 142 Å². The van der Waals surface area contributed by atoms with Crippen LogP contribution in [0, 0.1) is 11.3 Å². The van der Waals surface area contributed by atoms with Gasteiger partial charge in [-0.05, 0) is 25.1 Å². The van der Waals surface area contributed by atoms with Crippen LogP contribution in [-0.2, 0) is 14.3 Å². The molecule has 0 saturated carbocycles. The number of carbonyl (C=O) groups excluding carboxylic acids is 2. The number of nitrogens with zero attached hydrogens (tertiary/aromatic N) is 1. The molecule has 7 nitrogen and oxygen atoms in total. The third kappa shape index (κ3) is 6.46. The first-order chi connectivity index (χ1) is 11.0. The van der Waals surface area contributed by atoms with Gasteiger partial charge in [0.05, 0.1) is 11.6 Å². The van der Waals surface area contributed by atoms with Gasteiger partial charge in [-0.1, -0.05) is 23.2 Å². The zero-order valence-corrected chi connectivity index (χ0v) is 13.6. The van der Waals surface area contributed by atoms with Crippen LogP contribution < -0.4 is 15.6 Å². The van der Waals surface area contributed by atoms with Gasteiger partial charge < -0.3 is 14.9 Å². The number of hydrazine groups is 1. The minimum atomic E-state index is -0.791. The predicted octanol–water partition coefficient (Wildman–Crippen LogP) is 1.96. The van der Waals surface area contributed by atoms with E-state index in [1.165, 1.54) is 12.1 Å². The van der Waals surface area contributed by atoms with E-state index in [9.17, 15) is 9.59 Å². The molecule has 0 heterocycles. The molecule has 0 aromatic heterocycles. The highest BCUT2D eigenvalue weighted by molar-refractivity contribution is 6.35. The molecule has 2 N–H and O–H groups in total. The molecule has 0 aliphatic rings. The van der Waals surface area contributed by atoms with E-state index in [1.54, 1.807) is 19.1 Å². The fraction of sp³-hybridized carbons (Fsp3) is 0.214. The third-order valence-electron chi connectivity index (χ3n) is 2.30. The van der Waals surface area contributed by atoms with Gasteiger partial charge in [-0.3, -0.25) is 10.2 Å². The van der Waals surface area contributed by atoms with Gasteiger partial charge in [-0.25, -0.2) is 4.79 Å². The number of benzene rings is 1. The molecular weight excluding hydrogens is 345 g/mol. The fourth-order valence-electron chi connectivity index (χ4n) is 1.31. The number of hydrogen-bond acceptors (Lipinski definition) is 6. The maximum absolute atomic E-state index is 11.6. The van der Waals surface area contributed by atoms with Gasteiger partial charge in [-0.15, -0.1) is 0 Å². The Kier molecular flexibility index (Phi) is 7.74. The molecule has 0 bridgehead atoms. The van der Waals surface area contributed by atoms with Crippen LogP contribution in [0.25, 0.3) is 0 Å². The van der Waals surface area contributed by atoms with Crippen molar-refractivity contribution in [3.8, 4) is 11.8 Å². The van der Waals surface area contributed by atoms with E-state index in [-0.39, 0.29) is 23.8 Å². The maximum Gasteiger partial charge on any atom is 0.350 e. The Morgan fingerprint density at radius 1 is 1.39 bits per heavy atom. The molecule has 1 aromatic rings. The second kappa shape index (κ2) is 9.56. The standard InChI is InChI=1S/C14H13Cl2N3O4/c1-2-22-14(21)9(6-17)7-18-19-13(20)8-23-12-4-3-10(15)5-11(12)16/h3-5,7,18H,2,8H2,1H3,(H,19,20)/b9-7+. The van der Waals surface area contributed by atoms with Crippen LogP contribution in [0.4, 0.5) is 0 Å². The lowest BCUT2D eigenvalue weighted by Crippen LogP contribution is -2.37. The summed E-state index contributed by atoms with van der Waals surface area (Å²) in [5.41, 5.74) is 4.26. The molecule has 1 aromatic carbocycles. The molecule has 0 aliphatic carbocycles. The zero-order chi connectivity index (χ0) is 17.2. The van der Waals surface area contributed by atoms with Crippen molar-refractivity contribution in [1.82, 2.24) is 10.9 Å². The molecule has 122 valence electrons. The van der Waals surface area contributed by atoms with Crippen molar-refractivity contribution in [2.45, 2.75) is 6.92 Å². The first-order valence-corrected chi connectivity index (χ1v) is 7.13. The van der Waals surface area contributed by atoms with Gasteiger partial charge in [0.2, 0.25) is 0 Å². The summed E-state index contributed by atoms with van der Waals surface area (Å²) in [7, 11) is 0. The second-order valence-electron chi connectivity index (χ2n) is 3.95. The fourth-order valence-corrected chi connectivity index (χ4v) is 1.77. The summed E-state index contributed by atoms with van der Waals surface area (Å²) in [6.45, 7) is 1.42. The van der Waals surface area contributed by atoms with Crippen molar-refractivity contribution in [3.63, 3.8) is 0 Å². The monoisotopic (exact) mass is 357 g/mol. The van der Waals surface area contributed by atoms with E-state index in [1.807, 2.05) is 0 Å². The summed E-state index contributed by atoms with van der Waals surface area (Å²) >= 11 is 11.6. The second-order valence-corrected chi connectivity index (χ2v) is 4.79.